The van der Waals surface area contributed by atoms with Gasteiger partial charge in [0.2, 0.25) is 5.91 Å². The number of amidine groups is 1. The molecule has 0 radical (unpaired) electrons. The fraction of sp³-hybridized carbons (Fsp3) is 0.500. The van der Waals surface area contributed by atoms with E-state index in [0.29, 0.717) is 13.0 Å². The summed E-state index contributed by atoms with van der Waals surface area (Å²) in [6.45, 7) is 6.40. The molecule has 0 aliphatic heterocycles. The largest absolute Gasteiger partial charge is 0.409 e. The maximum atomic E-state index is 11.9. The van der Waals surface area contributed by atoms with Gasteiger partial charge in [-0.25, -0.2) is 0 Å². The number of thiophene rings is 1. The first-order valence-corrected chi connectivity index (χ1v) is 6.62. The molecular formula is C12H19N3O2S. The van der Waals surface area contributed by atoms with Crippen LogP contribution in [0.25, 0.3) is 0 Å². The minimum Gasteiger partial charge on any atom is -0.409 e. The molecule has 18 heavy (non-hydrogen) atoms. The highest BCUT2D eigenvalue weighted by Gasteiger charge is 2.20. The van der Waals surface area contributed by atoms with Crippen LogP contribution in [-0.4, -0.2) is 17.0 Å². The quantitative estimate of drug-likeness (QED) is 0.329. The van der Waals surface area contributed by atoms with E-state index in [-0.39, 0.29) is 11.7 Å². The Morgan fingerprint density at radius 3 is 2.72 bits per heavy atom. The Balaban J connectivity index is 2.60. The van der Waals surface area contributed by atoms with E-state index in [1.165, 1.54) is 10.4 Å². The Morgan fingerprint density at radius 1 is 1.61 bits per heavy atom. The first-order valence-electron chi connectivity index (χ1n) is 5.80. The topological polar surface area (TPSA) is 87.7 Å². The van der Waals surface area contributed by atoms with Gasteiger partial charge in [0.15, 0.2) is 5.84 Å². The van der Waals surface area contributed by atoms with Crippen LogP contribution in [0.3, 0.4) is 0 Å². The smallest absolute Gasteiger partial charge is 0.231 e. The Morgan fingerprint density at radius 2 is 2.28 bits per heavy atom. The third-order valence-corrected chi connectivity index (χ3v) is 4.00. The molecule has 0 fully saturated rings. The molecule has 0 aliphatic rings. The average molecular weight is 269 g/mol. The molecule has 1 aromatic rings. The summed E-state index contributed by atoms with van der Waals surface area (Å²) in [7, 11) is 0. The van der Waals surface area contributed by atoms with Crippen LogP contribution in [0.2, 0.25) is 0 Å². The predicted molar refractivity (Wildman–Crippen MR) is 72.8 cm³/mol. The molecule has 100 valence electrons. The first kappa shape index (κ1) is 14.5. The standard InChI is InChI=1S/C12H19N3O2S/c1-4-10(11(13)15-17)12(16)14-6-9-5-7(2)8(3)18-9/h5,10,17H,4,6H2,1-3H3,(H2,13,15)(H,14,16). The molecule has 1 heterocycles. The second-order valence-corrected chi connectivity index (χ2v) is 5.50. The number of aryl methyl sites for hydroxylation is 2. The van der Waals surface area contributed by atoms with E-state index in [2.05, 4.69) is 23.5 Å². The van der Waals surface area contributed by atoms with Crippen molar-refractivity contribution in [2.75, 3.05) is 0 Å². The molecule has 1 aromatic heterocycles. The molecule has 1 unspecified atom stereocenters. The van der Waals surface area contributed by atoms with Gasteiger partial charge in [0, 0.05) is 9.75 Å². The van der Waals surface area contributed by atoms with Crippen molar-refractivity contribution < 1.29 is 10.0 Å². The van der Waals surface area contributed by atoms with Crippen molar-refractivity contribution in [3.05, 3.63) is 21.4 Å². The molecule has 0 aromatic carbocycles. The number of carbonyl (C=O) groups excluding carboxylic acids is 1. The molecule has 0 spiro atoms. The van der Waals surface area contributed by atoms with E-state index in [4.69, 9.17) is 10.9 Å². The maximum absolute atomic E-state index is 11.9. The van der Waals surface area contributed by atoms with Gasteiger partial charge in [-0.05, 0) is 31.9 Å². The van der Waals surface area contributed by atoms with Crippen molar-refractivity contribution in [2.45, 2.75) is 33.7 Å². The maximum Gasteiger partial charge on any atom is 0.231 e. The van der Waals surface area contributed by atoms with Crippen molar-refractivity contribution in [1.29, 1.82) is 0 Å². The number of hydrogen-bond donors (Lipinski definition) is 3. The average Bonchev–Trinajstić information content (AvgIpc) is 2.67. The predicted octanol–water partition coefficient (Wildman–Crippen LogP) is 1.75. The minimum atomic E-state index is -0.572. The summed E-state index contributed by atoms with van der Waals surface area (Å²) in [6.07, 6.45) is 0.504. The second-order valence-electron chi connectivity index (χ2n) is 4.16. The fourth-order valence-electron chi connectivity index (χ4n) is 1.63. The number of nitrogens with zero attached hydrogens (tertiary/aromatic N) is 1. The van der Waals surface area contributed by atoms with E-state index >= 15 is 0 Å². The van der Waals surface area contributed by atoms with Gasteiger partial charge in [-0.15, -0.1) is 11.3 Å². The zero-order valence-corrected chi connectivity index (χ0v) is 11.7. The van der Waals surface area contributed by atoms with Gasteiger partial charge in [0.25, 0.3) is 0 Å². The number of carbonyl (C=O) groups is 1. The van der Waals surface area contributed by atoms with Crippen LogP contribution < -0.4 is 11.1 Å². The molecule has 0 saturated carbocycles. The van der Waals surface area contributed by atoms with Crippen LogP contribution in [0, 0.1) is 19.8 Å². The third-order valence-electron chi connectivity index (χ3n) is 2.85. The number of rotatable bonds is 5. The van der Waals surface area contributed by atoms with Crippen LogP contribution in [0.15, 0.2) is 11.2 Å². The Hall–Kier alpha value is -1.56. The number of nitrogens with two attached hydrogens (primary N) is 1. The monoisotopic (exact) mass is 269 g/mol. The number of hydrogen-bond acceptors (Lipinski definition) is 4. The molecule has 1 amide bonds. The molecule has 1 rings (SSSR count). The summed E-state index contributed by atoms with van der Waals surface area (Å²) < 4.78 is 0. The zero-order valence-electron chi connectivity index (χ0n) is 10.9. The lowest BCUT2D eigenvalue weighted by Gasteiger charge is -2.12. The molecule has 5 nitrogen and oxygen atoms in total. The van der Waals surface area contributed by atoms with E-state index in [0.717, 1.165) is 4.88 Å². The van der Waals surface area contributed by atoms with Gasteiger partial charge in [0.1, 0.15) is 0 Å². The van der Waals surface area contributed by atoms with E-state index in [9.17, 15) is 4.79 Å². The number of amides is 1. The van der Waals surface area contributed by atoms with E-state index in [1.807, 2.05) is 13.8 Å². The normalized spacial score (nSPS) is 13.4. The fourth-order valence-corrected chi connectivity index (χ4v) is 2.63. The summed E-state index contributed by atoms with van der Waals surface area (Å²) in [4.78, 5) is 14.2. The summed E-state index contributed by atoms with van der Waals surface area (Å²) in [5, 5.41) is 14.3. The van der Waals surface area contributed by atoms with Gasteiger partial charge in [0.05, 0.1) is 12.5 Å². The Bertz CT molecular complexity index is 435. The van der Waals surface area contributed by atoms with Crippen LogP contribution >= 0.6 is 11.3 Å². The van der Waals surface area contributed by atoms with Crippen LogP contribution in [0.1, 0.15) is 28.7 Å². The molecule has 0 aliphatic carbocycles. The summed E-state index contributed by atoms with van der Waals surface area (Å²) in [5.41, 5.74) is 6.70. The Kier molecular flexibility index (Phi) is 5.15. The van der Waals surface area contributed by atoms with E-state index < -0.39 is 5.92 Å². The van der Waals surface area contributed by atoms with Crippen molar-refractivity contribution in [2.24, 2.45) is 16.8 Å². The van der Waals surface area contributed by atoms with Crippen LogP contribution in [0.4, 0.5) is 0 Å². The first-order chi connectivity index (χ1) is 8.49. The van der Waals surface area contributed by atoms with Crippen molar-refractivity contribution >= 4 is 23.1 Å². The molecule has 0 bridgehead atoms. The summed E-state index contributed by atoms with van der Waals surface area (Å²) in [5.74, 6) is -0.831. The SMILES string of the molecule is CCC(C(=O)NCc1cc(C)c(C)s1)C(N)=NO. The van der Waals surface area contributed by atoms with Crippen LogP contribution in [0.5, 0.6) is 0 Å². The van der Waals surface area contributed by atoms with Crippen molar-refractivity contribution in [3.8, 4) is 0 Å². The lowest BCUT2D eigenvalue weighted by molar-refractivity contribution is -0.123. The van der Waals surface area contributed by atoms with Gasteiger partial charge in [-0.3, -0.25) is 4.79 Å². The van der Waals surface area contributed by atoms with Crippen molar-refractivity contribution in [1.82, 2.24) is 5.32 Å². The number of oxime groups is 1. The third kappa shape index (κ3) is 3.46. The molecule has 1 atom stereocenters. The zero-order chi connectivity index (χ0) is 13.7. The van der Waals surface area contributed by atoms with Gasteiger partial charge < -0.3 is 16.3 Å². The lowest BCUT2D eigenvalue weighted by Crippen LogP contribution is -2.38. The summed E-state index contributed by atoms with van der Waals surface area (Å²) in [6, 6.07) is 2.06. The highest BCUT2D eigenvalue weighted by atomic mass is 32.1. The molecule has 0 saturated heterocycles. The van der Waals surface area contributed by atoms with Gasteiger partial charge in [-0.1, -0.05) is 12.1 Å². The Labute approximate surface area is 111 Å². The molecule has 4 N–H and O–H groups in total. The highest BCUT2D eigenvalue weighted by molar-refractivity contribution is 7.12. The van der Waals surface area contributed by atoms with Gasteiger partial charge in [-0.2, -0.15) is 0 Å². The summed E-state index contributed by atoms with van der Waals surface area (Å²) >= 11 is 1.66. The number of nitrogens with one attached hydrogen (secondary N) is 1. The van der Waals surface area contributed by atoms with Crippen molar-refractivity contribution in [3.63, 3.8) is 0 Å². The minimum absolute atomic E-state index is 0.0476. The lowest BCUT2D eigenvalue weighted by atomic mass is 10.0. The highest BCUT2D eigenvalue weighted by Crippen LogP contribution is 2.20. The van der Waals surface area contributed by atoms with Gasteiger partial charge >= 0.3 is 0 Å². The van der Waals surface area contributed by atoms with Crippen LogP contribution in [-0.2, 0) is 11.3 Å². The second kappa shape index (κ2) is 6.39. The van der Waals surface area contributed by atoms with E-state index in [1.54, 1.807) is 11.3 Å². The molecular weight excluding hydrogens is 250 g/mol. The molecule has 6 heteroatoms.